The highest BCUT2D eigenvalue weighted by atomic mass is 127. The van der Waals surface area contributed by atoms with Crippen molar-refractivity contribution >= 4 is 39.9 Å². The van der Waals surface area contributed by atoms with E-state index in [4.69, 9.17) is 4.84 Å². The maximum absolute atomic E-state index is 14.4. The van der Waals surface area contributed by atoms with Crippen molar-refractivity contribution in [2.24, 2.45) is 5.92 Å². The summed E-state index contributed by atoms with van der Waals surface area (Å²) in [6.07, 6.45) is 1.07. The summed E-state index contributed by atoms with van der Waals surface area (Å²) in [5.41, 5.74) is 3.32. The number of nitrogens with one attached hydrogen (secondary N) is 2. The standard InChI is InChI=1S/C19H19F2IN2O3/c1-10-8-12(22)2-5-15(10)23-18-13(3-4-14(20)17(18)21)19(26)24-27-7-6-11-9-16(11)25/h2-5,8,11,16,23,25H,6-7,9H2,1H3,(H,24,26). The quantitative estimate of drug-likeness (QED) is 0.313. The van der Waals surface area contributed by atoms with Gasteiger partial charge in [-0.15, -0.1) is 0 Å². The summed E-state index contributed by atoms with van der Waals surface area (Å²) in [7, 11) is 0. The molecule has 2 aromatic rings. The second-order valence-electron chi connectivity index (χ2n) is 6.50. The van der Waals surface area contributed by atoms with Gasteiger partial charge in [0.1, 0.15) is 0 Å². The molecule has 0 heterocycles. The lowest BCUT2D eigenvalue weighted by Gasteiger charge is -2.15. The Kier molecular flexibility index (Phi) is 6.28. The molecule has 27 heavy (non-hydrogen) atoms. The number of hydroxylamine groups is 1. The highest BCUT2D eigenvalue weighted by Gasteiger charge is 2.34. The Morgan fingerprint density at radius 2 is 2.07 bits per heavy atom. The van der Waals surface area contributed by atoms with Crippen molar-refractivity contribution in [2.45, 2.75) is 25.9 Å². The molecule has 0 bridgehead atoms. The van der Waals surface area contributed by atoms with Gasteiger partial charge in [-0.1, -0.05) is 0 Å². The second-order valence-corrected chi connectivity index (χ2v) is 7.75. The van der Waals surface area contributed by atoms with Gasteiger partial charge in [0.05, 0.1) is 24.0 Å². The van der Waals surface area contributed by atoms with Crippen molar-refractivity contribution in [1.29, 1.82) is 0 Å². The molecule has 2 aromatic carbocycles. The van der Waals surface area contributed by atoms with E-state index in [-0.39, 0.29) is 29.9 Å². The molecule has 1 fully saturated rings. The van der Waals surface area contributed by atoms with Gasteiger partial charge in [0, 0.05) is 9.26 Å². The van der Waals surface area contributed by atoms with Crippen molar-refractivity contribution in [3.8, 4) is 0 Å². The highest BCUT2D eigenvalue weighted by molar-refractivity contribution is 14.1. The fourth-order valence-electron chi connectivity index (χ4n) is 2.69. The number of aliphatic hydroxyl groups is 1. The van der Waals surface area contributed by atoms with E-state index >= 15 is 0 Å². The first-order valence-electron chi connectivity index (χ1n) is 8.48. The Morgan fingerprint density at radius 1 is 1.33 bits per heavy atom. The third-order valence-corrected chi connectivity index (χ3v) is 5.10. The SMILES string of the molecule is Cc1cc(I)ccc1Nc1c(C(=O)NOCCC2CC2O)ccc(F)c1F. The van der Waals surface area contributed by atoms with Gasteiger partial charge in [0.15, 0.2) is 11.6 Å². The van der Waals surface area contributed by atoms with E-state index in [1.807, 2.05) is 19.1 Å². The van der Waals surface area contributed by atoms with Crippen LogP contribution >= 0.6 is 22.6 Å². The van der Waals surface area contributed by atoms with Crippen LogP contribution in [0, 0.1) is 28.0 Å². The van der Waals surface area contributed by atoms with E-state index in [1.165, 1.54) is 6.07 Å². The van der Waals surface area contributed by atoms with Crippen LogP contribution in [0.25, 0.3) is 0 Å². The third-order valence-electron chi connectivity index (χ3n) is 4.43. The van der Waals surface area contributed by atoms with Crippen LogP contribution in [0.15, 0.2) is 30.3 Å². The molecule has 0 radical (unpaired) electrons. The lowest BCUT2D eigenvalue weighted by Crippen LogP contribution is -2.25. The van der Waals surface area contributed by atoms with Crippen molar-refractivity contribution in [2.75, 3.05) is 11.9 Å². The normalized spacial score (nSPS) is 18.3. The van der Waals surface area contributed by atoms with Gasteiger partial charge in [0.25, 0.3) is 5.91 Å². The number of hydrogen-bond donors (Lipinski definition) is 3. The first-order valence-corrected chi connectivity index (χ1v) is 9.56. The van der Waals surface area contributed by atoms with E-state index in [1.54, 1.807) is 6.07 Å². The smallest absolute Gasteiger partial charge is 0.277 e. The summed E-state index contributed by atoms with van der Waals surface area (Å²) in [6.45, 7) is 2.06. The average molecular weight is 488 g/mol. The number of amides is 1. The number of hydrogen-bond acceptors (Lipinski definition) is 4. The van der Waals surface area contributed by atoms with Crippen LogP contribution in [0.1, 0.15) is 28.8 Å². The van der Waals surface area contributed by atoms with Crippen LogP contribution in [0.3, 0.4) is 0 Å². The number of anilines is 2. The van der Waals surface area contributed by atoms with Crippen molar-refractivity contribution in [3.63, 3.8) is 0 Å². The molecular weight excluding hydrogens is 469 g/mol. The number of halogens is 3. The van der Waals surface area contributed by atoms with Crippen LogP contribution < -0.4 is 10.8 Å². The highest BCUT2D eigenvalue weighted by Crippen LogP contribution is 2.33. The first kappa shape index (κ1) is 20.0. The lowest BCUT2D eigenvalue weighted by atomic mass is 10.1. The number of rotatable bonds is 7. The van der Waals surface area contributed by atoms with Gasteiger partial charge < -0.3 is 10.4 Å². The first-order chi connectivity index (χ1) is 12.9. The molecule has 0 aliphatic heterocycles. The summed E-state index contributed by atoms with van der Waals surface area (Å²) < 4.78 is 29.1. The number of benzene rings is 2. The molecule has 8 heteroatoms. The molecule has 1 aliphatic carbocycles. The minimum Gasteiger partial charge on any atom is -0.393 e. The zero-order valence-electron chi connectivity index (χ0n) is 14.6. The van der Waals surface area contributed by atoms with Crippen LogP contribution in [-0.4, -0.2) is 23.7 Å². The summed E-state index contributed by atoms with van der Waals surface area (Å²) in [5, 5.41) is 12.1. The Hall–Kier alpha value is -1.78. The molecule has 144 valence electrons. The summed E-state index contributed by atoms with van der Waals surface area (Å²) in [5.74, 6) is -2.68. The molecule has 2 atom stereocenters. The third kappa shape index (κ3) is 4.94. The van der Waals surface area contributed by atoms with Crippen molar-refractivity contribution in [3.05, 3.63) is 56.7 Å². The number of carbonyl (C=O) groups is 1. The Morgan fingerprint density at radius 3 is 2.74 bits per heavy atom. The zero-order valence-corrected chi connectivity index (χ0v) is 16.7. The monoisotopic (exact) mass is 488 g/mol. The predicted octanol–water partition coefficient (Wildman–Crippen LogP) is 4.05. The molecule has 2 unspecified atom stereocenters. The van der Waals surface area contributed by atoms with E-state index in [9.17, 15) is 18.7 Å². The topological polar surface area (TPSA) is 70.6 Å². The Labute approximate surface area is 169 Å². The number of aliphatic hydroxyl groups excluding tert-OH is 1. The van der Waals surface area contributed by atoms with Gasteiger partial charge in [-0.25, -0.2) is 14.3 Å². The van der Waals surface area contributed by atoms with Crippen LogP contribution in [0.5, 0.6) is 0 Å². The summed E-state index contributed by atoms with van der Waals surface area (Å²) >= 11 is 2.15. The molecule has 1 amide bonds. The fourth-order valence-corrected chi connectivity index (χ4v) is 3.33. The molecule has 1 saturated carbocycles. The summed E-state index contributed by atoms with van der Waals surface area (Å²) in [6, 6.07) is 7.54. The van der Waals surface area contributed by atoms with E-state index in [0.29, 0.717) is 12.1 Å². The maximum atomic E-state index is 14.4. The van der Waals surface area contributed by atoms with E-state index in [2.05, 4.69) is 33.4 Å². The van der Waals surface area contributed by atoms with Gasteiger partial charge in [-0.3, -0.25) is 9.63 Å². The molecule has 0 saturated heterocycles. The Bertz CT molecular complexity index is 863. The lowest BCUT2D eigenvalue weighted by molar-refractivity contribution is 0.0280. The van der Waals surface area contributed by atoms with Crippen LogP contribution in [0.4, 0.5) is 20.2 Å². The largest absolute Gasteiger partial charge is 0.393 e. The van der Waals surface area contributed by atoms with Crippen molar-refractivity contribution < 1.29 is 23.5 Å². The van der Waals surface area contributed by atoms with Gasteiger partial charge >= 0.3 is 0 Å². The Balaban J connectivity index is 1.74. The number of aryl methyl sites for hydroxylation is 1. The molecule has 0 aromatic heterocycles. The predicted molar refractivity (Wildman–Crippen MR) is 106 cm³/mol. The molecule has 0 spiro atoms. The second kappa shape index (κ2) is 8.49. The molecule has 3 N–H and O–H groups in total. The summed E-state index contributed by atoms with van der Waals surface area (Å²) in [4.78, 5) is 17.5. The molecule has 5 nitrogen and oxygen atoms in total. The van der Waals surface area contributed by atoms with Crippen LogP contribution in [0.2, 0.25) is 0 Å². The van der Waals surface area contributed by atoms with E-state index < -0.39 is 17.5 Å². The minimum atomic E-state index is -1.14. The molecular formula is C19H19F2IN2O3. The van der Waals surface area contributed by atoms with Gasteiger partial charge in [0.2, 0.25) is 0 Å². The van der Waals surface area contributed by atoms with Crippen LogP contribution in [-0.2, 0) is 4.84 Å². The van der Waals surface area contributed by atoms with Gasteiger partial charge in [-0.05, 0) is 84.2 Å². The maximum Gasteiger partial charge on any atom is 0.277 e. The zero-order chi connectivity index (χ0) is 19.6. The molecule has 3 rings (SSSR count). The fraction of sp³-hybridized carbons (Fsp3) is 0.316. The minimum absolute atomic E-state index is 0.0710. The van der Waals surface area contributed by atoms with Gasteiger partial charge in [-0.2, -0.15) is 0 Å². The number of carbonyl (C=O) groups excluding carboxylic acids is 1. The average Bonchev–Trinajstić information content (AvgIpc) is 3.33. The molecule has 1 aliphatic rings. The van der Waals surface area contributed by atoms with E-state index in [0.717, 1.165) is 21.6 Å². The van der Waals surface area contributed by atoms with Crippen molar-refractivity contribution in [1.82, 2.24) is 5.48 Å².